The first-order valence-electron chi connectivity index (χ1n) is 39.8. The molecule has 0 rings (SSSR count). The fourth-order valence-electron chi connectivity index (χ4n) is 11.8. The third kappa shape index (κ3) is 70.5. The van der Waals surface area contributed by atoms with Gasteiger partial charge >= 0.3 is 39.5 Å². The molecule has 0 saturated carbocycles. The van der Waals surface area contributed by atoms with E-state index >= 15 is 0 Å². The Bertz CT molecular complexity index is 1870. The third-order valence-electron chi connectivity index (χ3n) is 17.9. The smallest absolute Gasteiger partial charge is 0.462 e. The van der Waals surface area contributed by atoms with Crippen molar-refractivity contribution in [3.8, 4) is 0 Å². The maximum Gasteiger partial charge on any atom is 0.472 e. The molecule has 570 valence electrons. The first-order valence-corrected chi connectivity index (χ1v) is 42.8. The van der Waals surface area contributed by atoms with Crippen molar-refractivity contribution in [1.29, 1.82) is 0 Å². The van der Waals surface area contributed by atoms with Gasteiger partial charge in [-0.15, -0.1) is 0 Å². The summed E-state index contributed by atoms with van der Waals surface area (Å²) in [5.41, 5.74) is 0. The van der Waals surface area contributed by atoms with Crippen LogP contribution < -0.4 is 0 Å². The Labute approximate surface area is 588 Å². The van der Waals surface area contributed by atoms with E-state index in [1.54, 1.807) is 0 Å². The van der Waals surface area contributed by atoms with Gasteiger partial charge in [0.15, 0.2) is 12.2 Å². The molecule has 2 unspecified atom stereocenters. The van der Waals surface area contributed by atoms with Gasteiger partial charge in [-0.1, -0.05) is 344 Å². The summed E-state index contributed by atoms with van der Waals surface area (Å²) in [5, 5.41) is 10.6. The minimum absolute atomic E-state index is 0.107. The van der Waals surface area contributed by atoms with Crippen LogP contribution in [-0.2, 0) is 65.4 Å². The minimum Gasteiger partial charge on any atom is -0.462 e. The molecule has 3 N–H and O–H groups in total. The average Bonchev–Trinajstić information content (AvgIpc) is 1.58. The maximum absolute atomic E-state index is 13.1. The van der Waals surface area contributed by atoms with Gasteiger partial charge in [0, 0.05) is 25.7 Å². The van der Waals surface area contributed by atoms with E-state index in [4.69, 9.17) is 37.0 Å². The van der Waals surface area contributed by atoms with Crippen molar-refractivity contribution in [3.63, 3.8) is 0 Å². The van der Waals surface area contributed by atoms with Crippen LogP contribution in [0.5, 0.6) is 0 Å². The third-order valence-corrected chi connectivity index (χ3v) is 19.8. The average molecular weight is 1410 g/mol. The van der Waals surface area contributed by atoms with Gasteiger partial charge in [0.2, 0.25) is 0 Å². The molecule has 19 heteroatoms. The van der Waals surface area contributed by atoms with E-state index in [2.05, 4.69) is 48.5 Å². The molecule has 0 aromatic heterocycles. The number of aliphatic hydroxyl groups is 1. The molecule has 0 aliphatic carbocycles. The number of unbranched alkanes of at least 4 members (excludes halogenated alkanes) is 43. The standard InChI is InChI=1S/C77H150O17P2/c1-8-9-10-11-12-13-14-15-16-21-27-32-37-46-53-60-77(82)94-73(65-88-75(80)59-52-45-40-39-43-50-57-70(6)7)67-92-96(85,86)90-63-71(78)62-89-95(83,84)91-66-72(93-76(81)61-54-47-38-33-28-23-18-20-25-30-35-42-49-56-69(4)5)64-87-74(79)58-51-44-36-31-26-22-17-19-24-29-34-41-48-55-68(2)3/h68-73,78H,8-67H2,1-7H3,(H,83,84)(H,85,86)/t71-,72-,73-/m1/s1. The van der Waals surface area contributed by atoms with Gasteiger partial charge in [0.25, 0.3) is 0 Å². The Hall–Kier alpha value is -1.94. The lowest BCUT2D eigenvalue weighted by Crippen LogP contribution is -2.30. The summed E-state index contributed by atoms with van der Waals surface area (Å²) in [5.74, 6) is 0.140. The number of carbonyl (C=O) groups excluding carboxylic acids is 4. The molecule has 0 aliphatic rings. The van der Waals surface area contributed by atoms with Crippen molar-refractivity contribution in [2.45, 2.75) is 414 Å². The van der Waals surface area contributed by atoms with Crippen LogP contribution in [0.3, 0.4) is 0 Å². The summed E-state index contributed by atoms with van der Waals surface area (Å²) < 4.78 is 68.6. The number of phosphoric ester groups is 2. The van der Waals surface area contributed by atoms with E-state index in [-0.39, 0.29) is 25.7 Å². The molecule has 0 aromatic carbocycles. The number of carbonyl (C=O) groups is 4. The molecule has 0 radical (unpaired) electrons. The lowest BCUT2D eigenvalue weighted by atomic mass is 10.0. The number of esters is 4. The zero-order valence-corrected chi connectivity index (χ0v) is 64.6. The highest BCUT2D eigenvalue weighted by molar-refractivity contribution is 7.47. The van der Waals surface area contributed by atoms with E-state index in [0.717, 1.165) is 108 Å². The second kappa shape index (κ2) is 67.5. The Kier molecular flexibility index (Phi) is 66.2. The second-order valence-corrected chi connectivity index (χ2v) is 32.1. The van der Waals surface area contributed by atoms with Gasteiger partial charge in [-0.2, -0.15) is 0 Å². The van der Waals surface area contributed by atoms with Gasteiger partial charge in [0.1, 0.15) is 19.3 Å². The van der Waals surface area contributed by atoms with Crippen LogP contribution in [0, 0.1) is 17.8 Å². The molecule has 0 spiro atoms. The van der Waals surface area contributed by atoms with Gasteiger partial charge in [0.05, 0.1) is 26.4 Å². The summed E-state index contributed by atoms with van der Waals surface area (Å²) in [6.45, 7) is 11.9. The maximum atomic E-state index is 13.1. The monoisotopic (exact) mass is 1410 g/mol. The molecule has 0 fully saturated rings. The molecule has 0 bridgehead atoms. The van der Waals surface area contributed by atoms with Crippen molar-refractivity contribution in [1.82, 2.24) is 0 Å². The zero-order chi connectivity index (χ0) is 70.9. The predicted molar refractivity (Wildman–Crippen MR) is 391 cm³/mol. The number of rotatable bonds is 75. The first-order chi connectivity index (χ1) is 46.2. The van der Waals surface area contributed by atoms with Gasteiger partial charge < -0.3 is 33.8 Å². The highest BCUT2D eigenvalue weighted by Crippen LogP contribution is 2.45. The lowest BCUT2D eigenvalue weighted by Gasteiger charge is -2.21. The van der Waals surface area contributed by atoms with Crippen LogP contribution in [0.2, 0.25) is 0 Å². The summed E-state index contributed by atoms with van der Waals surface area (Å²) in [7, 11) is -9.91. The highest BCUT2D eigenvalue weighted by Gasteiger charge is 2.30. The fraction of sp³-hybridized carbons (Fsp3) is 0.948. The van der Waals surface area contributed by atoms with Crippen LogP contribution in [0.25, 0.3) is 0 Å². The van der Waals surface area contributed by atoms with Crippen LogP contribution >= 0.6 is 15.6 Å². The van der Waals surface area contributed by atoms with Gasteiger partial charge in [-0.05, 0) is 43.4 Å². The van der Waals surface area contributed by atoms with Gasteiger partial charge in [-0.3, -0.25) is 37.3 Å². The quantitative estimate of drug-likeness (QED) is 0.0222. The van der Waals surface area contributed by atoms with E-state index in [1.807, 2.05) is 0 Å². The number of ether oxygens (including phenoxy) is 4. The van der Waals surface area contributed by atoms with Crippen molar-refractivity contribution >= 4 is 39.5 Å². The van der Waals surface area contributed by atoms with Gasteiger partial charge in [-0.25, -0.2) is 9.13 Å². The second-order valence-electron chi connectivity index (χ2n) is 29.2. The largest absolute Gasteiger partial charge is 0.472 e. The molecular weight excluding hydrogens is 1260 g/mol. The van der Waals surface area contributed by atoms with Crippen LogP contribution in [0.15, 0.2) is 0 Å². The molecule has 96 heavy (non-hydrogen) atoms. The highest BCUT2D eigenvalue weighted by atomic mass is 31.2. The molecule has 0 amide bonds. The van der Waals surface area contributed by atoms with E-state index in [0.29, 0.717) is 31.6 Å². The zero-order valence-electron chi connectivity index (χ0n) is 62.8. The van der Waals surface area contributed by atoms with Crippen molar-refractivity contribution < 1.29 is 80.2 Å². The summed E-state index contributed by atoms with van der Waals surface area (Å²) in [4.78, 5) is 72.8. The first kappa shape index (κ1) is 94.1. The Morgan fingerprint density at radius 1 is 0.281 bits per heavy atom. The van der Waals surface area contributed by atoms with Crippen LogP contribution in [0.1, 0.15) is 395 Å². The fourth-order valence-corrected chi connectivity index (χ4v) is 13.4. The minimum atomic E-state index is -4.96. The van der Waals surface area contributed by atoms with Crippen LogP contribution in [0.4, 0.5) is 0 Å². The number of hydrogen-bond acceptors (Lipinski definition) is 15. The van der Waals surface area contributed by atoms with Crippen molar-refractivity contribution in [2.24, 2.45) is 17.8 Å². The van der Waals surface area contributed by atoms with E-state index in [9.17, 15) is 43.2 Å². The number of aliphatic hydroxyl groups excluding tert-OH is 1. The van der Waals surface area contributed by atoms with E-state index < -0.39 is 97.5 Å². The summed E-state index contributed by atoms with van der Waals surface area (Å²) >= 11 is 0. The van der Waals surface area contributed by atoms with Crippen molar-refractivity contribution in [2.75, 3.05) is 39.6 Å². The molecule has 0 saturated heterocycles. The molecule has 0 aromatic rings. The number of phosphoric acid groups is 2. The SMILES string of the molecule is CCCCCCCCCCCCCCCCCC(=O)O[C@H](COC(=O)CCCCCCCCC(C)C)COP(=O)(O)OC[C@H](O)COP(=O)(O)OC[C@@H](COC(=O)CCCCCCCCCCCCCCCC(C)C)OC(=O)CCCCCCCCCCCCCCCC(C)C. The van der Waals surface area contributed by atoms with E-state index in [1.165, 1.54) is 199 Å². The number of hydrogen-bond donors (Lipinski definition) is 3. The Morgan fingerprint density at radius 2 is 0.479 bits per heavy atom. The topological polar surface area (TPSA) is 237 Å². The van der Waals surface area contributed by atoms with Crippen molar-refractivity contribution in [3.05, 3.63) is 0 Å². The predicted octanol–water partition coefficient (Wildman–Crippen LogP) is 22.6. The Morgan fingerprint density at radius 3 is 0.708 bits per heavy atom. The Balaban J connectivity index is 5.24. The molecule has 17 nitrogen and oxygen atoms in total. The summed E-state index contributed by atoms with van der Waals surface area (Å²) in [6, 6.07) is 0. The van der Waals surface area contributed by atoms with Crippen LogP contribution in [-0.4, -0.2) is 96.7 Å². The summed E-state index contributed by atoms with van der Waals surface area (Å²) in [6.07, 6.45) is 54.2. The molecular formula is C77H150O17P2. The molecule has 0 heterocycles. The normalized spacial score (nSPS) is 14.1. The molecule has 5 atom stereocenters. The lowest BCUT2D eigenvalue weighted by molar-refractivity contribution is -0.161. The molecule has 0 aliphatic heterocycles.